The number of amides is 1. The zero-order valence-electron chi connectivity index (χ0n) is 16.0. The SMILES string of the molecule is O=C(NC(CO)CO)[C@@H]1CCCN(C2CCN(Cc3ccncc3)CC2)C1. The summed E-state index contributed by atoms with van der Waals surface area (Å²) in [5.74, 6) is -0.0860. The molecule has 0 unspecified atom stereocenters. The monoisotopic (exact) mass is 376 g/mol. The van der Waals surface area contributed by atoms with E-state index >= 15 is 0 Å². The predicted octanol–water partition coefficient (Wildman–Crippen LogP) is 0.227. The topological polar surface area (TPSA) is 88.9 Å². The maximum absolute atomic E-state index is 12.4. The van der Waals surface area contributed by atoms with Crippen LogP contribution in [0.4, 0.5) is 0 Å². The molecule has 2 aliphatic rings. The number of nitrogens with zero attached hydrogens (tertiary/aromatic N) is 3. The van der Waals surface area contributed by atoms with Gasteiger partial charge in [0.05, 0.1) is 25.2 Å². The summed E-state index contributed by atoms with van der Waals surface area (Å²) >= 11 is 0. The van der Waals surface area contributed by atoms with Gasteiger partial charge in [-0.2, -0.15) is 0 Å². The van der Waals surface area contributed by atoms with Crippen LogP contribution in [-0.2, 0) is 11.3 Å². The molecule has 1 atom stereocenters. The lowest BCUT2D eigenvalue weighted by molar-refractivity contribution is -0.128. The molecule has 3 N–H and O–H groups in total. The van der Waals surface area contributed by atoms with E-state index in [-0.39, 0.29) is 25.0 Å². The highest BCUT2D eigenvalue weighted by Crippen LogP contribution is 2.24. The summed E-state index contributed by atoms with van der Waals surface area (Å²) in [6.07, 6.45) is 7.87. The Balaban J connectivity index is 1.46. The Morgan fingerprint density at radius 1 is 1.15 bits per heavy atom. The van der Waals surface area contributed by atoms with E-state index in [1.165, 1.54) is 5.56 Å². The van der Waals surface area contributed by atoms with Crippen LogP contribution in [0, 0.1) is 5.92 Å². The molecule has 27 heavy (non-hydrogen) atoms. The number of likely N-dealkylation sites (tertiary alicyclic amines) is 2. The fraction of sp³-hybridized carbons (Fsp3) is 0.700. The number of aliphatic hydroxyl groups excluding tert-OH is 2. The summed E-state index contributed by atoms with van der Waals surface area (Å²) in [4.78, 5) is 21.5. The molecule has 2 saturated heterocycles. The van der Waals surface area contributed by atoms with E-state index in [1.54, 1.807) is 0 Å². The van der Waals surface area contributed by atoms with Gasteiger partial charge in [0.25, 0.3) is 0 Å². The van der Waals surface area contributed by atoms with E-state index in [0.29, 0.717) is 6.04 Å². The van der Waals surface area contributed by atoms with Crippen molar-refractivity contribution in [2.45, 2.75) is 44.3 Å². The highest BCUT2D eigenvalue weighted by Gasteiger charge is 2.32. The standard InChI is InChI=1S/C20H32N4O3/c25-14-18(15-26)22-20(27)17-2-1-9-24(13-17)19-5-10-23(11-6-19)12-16-3-7-21-8-4-16/h3-4,7-8,17-19,25-26H,1-2,5-6,9-15H2,(H,22,27)/t17-/m1/s1. The van der Waals surface area contributed by atoms with Crippen molar-refractivity contribution in [3.8, 4) is 0 Å². The molecule has 2 fully saturated rings. The van der Waals surface area contributed by atoms with E-state index < -0.39 is 6.04 Å². The second kappa shape index (κ2) is 10.1. The first kappa shape index (κ1) is 20.2. The third-order valence-corrected chi connectivity index (χ3v) is 5.84. The van der Waals surface area contributed by atoms with Crippen molar-refractivity contribution in [3.63, 3.8) is 0 Å². The van der Waals surface area contributed by atoms with E-state index in [0.717, 1.165) is 58.4 Å². The number of rotatable bonds is 7. The smallest absolute Gasteiger partial charge is 0.224 e. The fourth-order valence-corrected chi connectivity index (χ4v) is 4.21. The maximum atomic E-state index is 12.4. The number of aromatic nitrogens is 1. The molecule has 0 aliphatic carbocycles. The molecular formula is C20H32N4O3. The highest BCUT2D eigenvalue weighted by atomic mass is 16.3. The zero-order chi connectivity index (χ0) is 19.1. The van der Waals surface area contributed by atoms with Crippen LogP contribution in [0.3, 0.4) is 0 Å². The number of piperidine rings is 2. The van der Waals surface area contributed by atoms with Crippen LogP contribution < -0.4 is 5.32 Å². The number of pyridine rings is 1. The Kier molecular flexibility index (Phi) is 7.58. The minimum absolute atomic E-state index is 0.0390. The normalized spacial score (nSPS) is 22.9. The Labute approximate surface area is 161 Å². The van der Waals surface area contributed by atoms with Crippen molar-refractivity contribution in [2.75, 3.05) is 39.4 Å². The second-order valence-electron chi connectivity index (χ2n) is 7.77. The van der Waals surface area contributed by atoms with Crippen LogP contribution in [0.2, 0.25) is 0 Å². The molecule has 0 bridgehead atoms. The van der Waals surface area contributed by atoms with E-state index in [9.17, 15) is 4.79 Å². The largest absolute Gasteiger partial charge is 0.394 e. The van der Waals surface area contributed by atoms with Crippen molar-refractivity contribution in [2.24, 2.45) is 5.92 Å². The summed E-state index contributed by atoms with van der Waals surface area (Å²) < 4.78 is 0. The minimum atomic E-state index is -0.552. The molecule has 0 radical (unpaired) electrons. The Morgan fingerprint density at radius 3 is 2.52 bits per heavy atom. The summed E-state index contributed by atoms with van der Waals surface area (Å²) in [5.41, 5.74) is 1.31. The molecule has 0 aromatic carbocycles. The molecule has 1 amide bonds. The summed E-state index contributed by atoms with van der Waals surface area (Å²) in [5, 5.41) is 21.1. The molecular weight excluding hydrogens is 344 g/mol. The lowest BCUT2D eigenvalue weighted by Crippen LogP contribution is -2.52. The Morgan fingerprint density at radius 2 is 1.85 bits per heavy atom. The summed E-state index contributed by atoms with van der Waals surface area (Å²) in [7, 11) is 0. The molecule has 0 saturated carbocycles. The van der Waals surface area contributed by atoms with Crippen molar-refractivity contribution in [1.82, 2.24) is 20.1 Å². The molecule has 7 heteroatoms. The molecule has 1 aromatic heterocycles. The van der Waals surface area contributed by atoms with Crippen molar-refractivity contribution in [3.05, 3.63) is 30.1 Å². The number of hydrogen-bond acceptors (Lipinski definition) is 6. The van der Waals surface area contributed by atoms with Gasteiger partial charge in [-0.15, -0.1) is 0 Å². The van der Waals surface area contributed by atoms with Crippen LogP contribution in [-0.4, -0.2) is 82.4 Å². The van der Waals surface area contributed by atoms with Crippen LogP contribution in [0.15, 0.2) is 24.5 Å². The van der Waals surface area contributed by atoms with Gasteiger partial charge in [-0.1, -0.05) is 0 Å². The Bertz CT molecular complexity index is 574. The van der Waals surface area contributed by atoms with Crippen LogP contribution in [0.5, 0.6) is 0 Å². The molecule has 3 heterocycles. The lowest BCUT2D eigenvalue weighted by atomic mass is 9.93. The van der Waals surface area contributed by atoms with Crippen molar-refractivity contribution >= 4 is 5.91 Å². The molecule has 0 spiro atoms. The number of carbonyl (C=O) groups is 1. The molecule has 3 rings (SSSR count). The van der Waals surface area contributed by atoms with Crippen LogP contribution >= 0.6 is 0 Å². The van der Waals surface area contributed by atoms with Gasteiger partial charge in [0.15, 0.2) is 0 Å². The third kappa shape index (κ3) is 5.72. The maximum Gasteiger partial charge on any atom is 0.224 e. The van der Waals surface area contributed by atoms with Crippen molar-refractivity contribution < 1.29 is 15.0 Å². The van der Waals surface area contributed by atoms with Gasteiger partial charge in [-0.3, -0.25) is 19.6 Å². The van der Waals surface area contributed by atoms with Gasteiger partial charge >= 0.3 is 0 Å². The summed E-state index contributed by atoms with van der Waals surface area (Å²) in [6.45, 7) is 4.52. The number of carbonyl (C=O) groups excluding carboxylic acids is 1. The summed E-state index contributed by atoms with van der Waals surface area (Å²) in [6, 6.07) is 4.14. The van der Waals surface area contributed by atoms with E-state index in [4.69, 9.17) is 10.2 Å². The molecule has 2 aliphatic heterocycles. The molecule has 1 aromatic rings. The predicted molar refractivity (Wildman–Crippen MR) is 103 cm³/mol. The lowest BCUT2D eigenvalue weighted by Gasteiger charge is -2.42. The first-order valence-electron chi connectivity index (χ1n) is 10.1. The Hall–Kier alpha value is -1.54. The fourth-order valence-electron chi connectivity index (χ4n) is 4.21. The first-order valence-corrected chi connectivity index (χ1v) is 10.1. The second-order valence-corrected chi connectivity index (χ2v) is 7.77. The van der Waals surface area contributed by atoms with Gasteiger partial charge in [0.1, 0.15) is 0 Å². The molecule has 7 nitrogen and oxygen atoms in total. The van der Waals surface area contributed by atoms with E-state index in [1.807, 2.05) is 12.4 Å². The molecule has 150 valence electrons. The van der Waals surface area contributed by atoms with Gasteiger partial charge in [0, 0.05) is 31.5 Å². The average molecular weight is 377 g/mol. The van der Waals surface area contributed by atoms with Crippen LogP contribution in [0.25, 0.3) is 0 Å². The van der Waals surface area contributed by atoms with Gasteiger partial charge in [-0.05, 0) is 63.0 Å². The minimum Gasteiger partial charge on any atom is -0.394 e. The number of hydrogen-bond donors (Lipinski definition) is 3. The van der Waals surface area contributed by atoms with Gasteiger partial charge in [0.2, 0.25) is 5.91 Å². The average Bonchev–Trinajstić information content (AvgIpc) is 2.73. The van der Waals surface area contributed by atoms with Crippen molar-refractivity contribution in [1.29, 1.82) is 0 Å². The number of nitrogens with one attached hydrogen (secondary N) is 1. The van der Waals surface area contributed by atoms with Crippen LogP contribution in [0.1, 0.15) is 31.2 Å². The highest BCUT2D eigenvalue weighted by molar-refractivity contribution is 5.79. The third-order valence-electron chi connectivity index (χ3n) is 5.84. The van der Waals surface area contributed by atoms with Gasteiger partial charge < -0.3 is 15.5 Å². The zero-order valence-corrected chi connectivity index (χ0v) is 16.0. The first-order chi connectivity index (χ1) is 13.2. The van der Waals surface area contributed by atoms with E-state index in [2.05, 4.69) is 32.2 Å². The van der Waals surface area contributed by atoms with Gasteiger partial charge in [-0.25, -0.2) is 0 Å². The quantitative estimate of drug-likeness (QED) is 0.631. The number of aliphatic hydroxyl groups is 2.